The Labute approximate surface area is 434 Å². The molecule has 0 rings (SSSR count). The van der Waals surface area contributed by atoms with Crippen molar-refractivity contribution in [3.63, 3.8) is 0 Å². The fourth-order valence-corrected chi connectivity index (χ4v) is 8.75. The van der Waals surface area contributed by atoms with Crippen molar-refractivity contribution in [1.82, 2.24) is 0 Å². The molecule has 0 aliphatic rings. The van der Waals surface area contributed by atoms with Gasteiger partial charge in [0.15, 0.2) is 6.10 Å². The third-order valence-electron chi connectivity index (χ3n) is 13.3. The molecule has 0 N–H and O–H groups in total. The van der Waals surface area contributed by atoms with Gasteiger partial charge in [0, 0.05) is 19.3 Å². The number of unbranched alkanes of at least 4 members (excludes halogenated alkanes) is 34. The van der Waals surface area contributed by atoms with E-state index in [1.54, 1.807) is 0 Å². The molecule has 0 spiro atoms. The fourth-order valence-electron chi connectivity index (χ4n) is 8.75. The van der Waals surface area contributed by atoms with Crippen LogP contribution in [0.3, 0.4) is 0 Å². The van der Waals surface area contributed by atoms with Gasteiger partial charge in [0.1, 0.15) is 13.2 Å². The van der Waals surface area contributed by atoms with E-state index in [1.807, 2.05) is 6.08 Å². The maximum Gasteiger partial charge on any atom is 0.306 e. The Bertz CT molecular complexity index is 1260. The Morgan fingerprint density at radius 3 is 0.957 bits per heavy atom. The molecular weight excluding hydrogens is 865 g/mol. The Morgan fingerprint density at radius 2 is 0.586 bits per heavy atom. The second-order valence-electron chi connectivity index (χ2n) is 20.2. The lowest BCUT2D eigenvalue weighted by Gasteiger charge is -2.18. The van der Waals surface area contributed by atoms with Crippen LogP contribution in [0.2, 0.25) is 0 Å². The first kappa shape index (κ1) is 67.1. The minimum Gasteiger partial charge on any atom is -0.462 e. The van der Waals surface area contributed by atoms with Crippen LogP contribution in [0, 0.1) is 0 Å². The molecule has 0 aromatic rings. The minimum atomic E-state index is -0.804. The third-order valence-corrected chi connectivity index (χ3v) is 13.3. The molecule has 0 radical (unpaired) electrons. The van der Waals surface area contributed by atoms with Gasteiger partial charge in [-0.15, -0.1) is 0 Å². The van der Waals surface area contributed by atoms with Crippen molar-refractivity contribution in [2.24, 2.45) is 0 Å². The molecule has 0 aromatic carbocycles. The van der Waals surface area contributed by atoms with Crippen LogP contribution in [-0.2, 0) is 28.6 Å². The number of ether oxygens (including phenoxy) is 3. The number of allylic oxidation sites excluding steroid dienone is 10. The van der Waals surface area contributed by atoms with Crippen LogP contribution < -0.4 is 0 Å². The highest BCUT2D eigenvalue weighted by Crippen LogP contribution is 2.17. The molecule has 0 amide bonds. The van der Waals surface area contributed by atoms with E-state index < -0.39 is 6.10 Å². The van der Waals surface area contributed by atoms with Gasteiger partial charge in [0.2, 0.25) is 0 Å². The summed E-state index contributed by atoms with van der Waals surface area (Å²) in [6, 6.07) is 0. The summed E-state index contributed by atoms with van der Waals surface area (Å²) in [6.07, 6.45) is 73.9. The minimum absolute atomic E-state index is 0.0950. The number of carbonyl (C=O) groups excluding carboxylic acids is 3. The summed E-state index contributed by atoms with van der Waals surface area (Å²) in [6.45, 7) is 6.49. The lowest BCUT2D eigenvalue weighted by atomic mass is 10.0. The molecule has 1 unspecified atom stereocenters. The molecular formula is C64H114O6. The molecule has 0 aliphatic heterocycles. The maximum atomic E-state index is 12.9. The van der Waals surface area contributed by atoms with E-state index in [1.165, 1.54) is 199 Å². The van der Waals surface area contributed by atoms with Crippen LogP contribution in [0.15, 0.2) is 60.8 Å². The van der Waals surface area contributed by atoms with E-state index in [9.17, 15) is 14.4 Å². The first-order valence-corrected chi connectivity index (χ1v) is 30.3. The molecule has 0 aromatic heterocycles. The molecule has 6 heteroatoms. The van der Waals surface area contributed by atoms with Crippen LogP contribution in [0.25, 0.3) is 0 Å². The summed E-state index contributed by atoms with van der Waals surface area (Å²) in [5, 5.41) is 0. The molecule has 406 valence electrons. The molecule has 0 fully saturated rings. The van der Waals surface area contributed by atoms with Crippen molar-refractivity contribution in [1.29, 1.82) is 0 Å². The fraction of sp³-hybridized carbons (Fsp3) is 0.797. The molecule has 0 saturated heterocycles. The van der Waals surface area contributed by atoms with E-state index in [0.717, 1.165) is 64.2 Å². The van der Waals surface area contributed by atoms with E-state index in [4.69, 9.17) is 14.2 Å². The van der Waals surface area contributed by atoms with Gasteiger partial charge in [-0.3, -0.25) is 14.4 Å². The van der Waals surface area contributed by atoms with Crippen molar-refractivity contribution in [3.05, 3.63) is 60.8 Å². The summed E-state index contributed by atoms with van der Waals surface area (Å²) < 4.78 is 16.8. The highest BCUT2D eigenvalue weighted by atomic mass is 16.6. The summed E-state index contributed by atoms with van der Waals surface area (Å²) in [5.41, 5.74) is 0. The van der Waals surface area contributed by atoms with Crippen LogP contribution in [0.5, 0.6) is 0 Å². The van der Waals surface area contributed by atoms with Gasteiger partial charge in [0.25, 0.3) is 0 Å². The second-order valence-corrected chi connectivity index (χ2v) is 20.2. The van der Waals surface area contributed by atoms with Gasteiger partial charge in [-0.25, -0.2) is 0 Å². The highest BCUT2D eigenvalue weighted by molar-refractivity contribution is 5.71. The van der Waals surface area contributed by atoms with Crippen LogP contribution in [0.1, 0.15) is 310 Å². The van der Waals surface area contributed by atoms with E-state index in [0.29, 0.717) is 19.3 Å². The maximum absolute atomic E-state index is 12.9. The second kappa shape index (κ2) is 58.7. The quantitative estimate of drug-likeness (QED) is 0.0261. The predicted molar refractivity (Wildman–Crippen MR) is 302 cm³/mol. The first-order chi connectivity index (χ1) is 34.5. The van der Waals surface area contributed by atoms with Crippen molar-refractivity contribution >= 4 is 17.9 Å². The molecule has 70 heavy (non-hydrogen) atoms. The summed E-state index contributed by atoms with van der Waals surface area (Å²) >= 11 is 0. The van der Waals surface area contributed by atoms with Crippen molar-refractivity contribution in [2.75, 3.05) is 13.2 Å². The van der Waals surface area contributed by atoms with Crippen LogP contribution in [0.4, 0.5) is 0 Å². The Hall–Kier alpha value is -2.89. The van der Waals surface area contributed by atoms with Gasteiger partial charge in [0.05, 0.1) is 0 Å². The molecule has 0 aliphatic carbocycles. The van der Waals surface area contributed by atoms with Crippen molar-refractivity contribution < 1.29 is 28.6 Å². The van der Waals surface area contributed by atoms with Crippen LogP contribution >= 0.6 is 0 Å². The van der Waals surface area contributed by atoms with E-state index in [-0.39, 0.29) is 37.5 Å². The average Bonchev–Trinajstić information content (AvgIpc) is 3.36. The van der Waals surface area contributed by atoms with E-state index >= 15 is 0 Å². The van der Waals surface area contributed by atoms with Crippen molar-refractivity contribution in [3.8, 4) is 0 Å². The smallest absolute Gasteiger partial charge is 0.306 e. The number of hydrogen-bond acceptors (Lipinski definition) is 6. The van der Waals surface area contributed by atoms with E-state index in [2.05, 4.69) is 75.5 Å². The van der Waals surface area contributed by atoms with Gasteiger partial charge in [-0.05, 0) is 70.6 Å². The van der Waals surface area contributed by atoms with Gasteiger partial charge in [-0.1, -0.05) is 281 Å². The third kappa shape index (κ3) is 56.0. The zero-order valence-electron chi connectivity index (χ0n) is 46.5. The molecule has 1 atom stereocenters. The summed E-state index contributed by atoms with van der Waals surface area (Å²) in [5.74, 6) is -0.970. The molecule has 0 heterocycles. The average molecular weight is 980 g/mol. The Kier molecular flexibility index (Phi) is 56.3. The SMILES string of the molecule is CC/C=C\C/C=C\C/C=C\C/C=C\CCC(=O)OCC(COC(=O)CCCCCCCCCCCCCCCCCCCCCCCC)OC(=O)CCCCCCCCC/C=C\CCCCCCCC. The largest absolute Gasteiger partial charge is 0.462 e. The van der Waals surface area contributed by atoms with Gasteiger partial charge < -0.3 is 14.2 Å². The number of rotatable bonds is 55. The topological polar surface area (TPSA) is 78.9 Å². The molecule has 0 saturated carbocycles. The van der Waals surface area contributed by atoms with Crippen LogP contribution in [-0.4, -0.2) is 37.2 Å². The zero-order chi connectivity index (χ0) is 50.7. The Balaban J connectivity index is 4.34. The Morgan fingerprint density at radius 1 is 0.300 bits per heavy atom. The number of esters is 3. The zero-order valence-corrected chi connectivity index (χ0v) is 46.5. The van der Waals surface area contributed by atoms with Crippen molar-refractivity contribution in [2.45, 2.75) is 316 Å². The standard InChI is InChI=1S/C64H114O6/c1-4-7-10-13-16-19-22-25-27-29-30-31-32-33-35-36-39-42-45-48-51-54-57-63(66)69-60-61(59-68-62(65)56-53-50-47-44-41-38-24-21-18-15-12-9-6-3)70-64(67)58-55-52-49-46-43-40-37-34-28-26-23-20-17-14-11-8-5-2/h9,12,18,21,26,28,38,41,47,50,61H,4-8,10-11,13-17,19-20,22-25,27,29-37,39-40,42-46,48-49,51-60H2,1-3H3/b12-9-,21-18-,28-26-,41-38-,50-47-. The summed E-state index contributed by atoms with van der Waals surface area (Å²) in [7, 11) is 0. The lowest BCUT2D eigenvalue weighted by molar-refractivity contribution is -0.166. The molecule has 0 bridgehead atoms. The van der Waals surface area contributed by atoms with Gasteiger partial charge in [-0.2, -0.15) is 0 Å². The molecule has 6 nitrogen and oxygen atoms in total. The number of hydrogen-bond donors (Lipinski definition) is 0. The normalized spacial score (nSPS) is 12.4. The highest BCUT2D eigenvalue weighted by Gasteiger charge is 2.19. The summed E-state index contributed by atoms with van der Waals surface area (Å²) in [4.78, 5) is 38.1. The lowest BCUT2D eigenvalue weighted by Crippen LogP contribution is -2.30. The predicted octanol–water partition coefficient (Wildman–Crippen LogP) is 20.4. The number of carbonyl (C=O) groups is 3. The monoisotopic (exact) mass is 979 g/mol. The van der Waals surface area contributed by atoms with Gasteiger partial charge >= 0.3 is 17.9 Å². The first-order valence-electron chi connectivity index (χ1n) is 30.3.